The molecule has 1 aromatic heterocycles. The minimum atomic E-state index is 0.796. The van der Waals surface area contributed by atoms with Gasteiger partial charge in [-0.2, -0.15) is 0 Å². The molecule has 0 fully saturated rings. The zero-order valence-corrected chi connectivity index (χ0v) is 9.68. The van der Waals surface area contributed by atoms with Gasteiger partial charge in [0, 0.05) is 6.42 Å². The minimum absolute atomic E-state index is 0.796. The second-order valence-corrected chi connectivity index (χ2v) is 4.13. The van der Waals surface area contributed by atoms with E-state index in [2.05, 4.69) is 35.3 Å². The molecule has 1 aliphatic rings. The number of pyridine rings is 1. The largest absolute Gasteiger partial charge is 0.495 e. The van der Waals surface area contributed by atoms with Gasteiger partial charge in [-0.05, 0) is 34.9 Å². The first-order valence-electron chi connectivity index (χ1n) is 5.66. The number of methoxy groups -OCH3 is 1. The summed E-state index contributed by atoms with van der Waals surface area (Å²) < 4.78 is 5.11. The van der Waals surface area contributed by atoms with Crippen molar-refractivity contribution in [3.8, 4) is 5.75 Å². The van der Waals surface area contributed by atoms with E-state index in [0.29, 0.717) is 0 Å². The number of hydrogen-bond acceptors (Lipinski definition) is 2. The van der Waals surface area contributed by atoms with Crippen LogP contribution in [0, 0.1) is 0 Å². The van der Waals surface area contributed by atoms with E-state index in [-0.39, 0.29) is 0 Å². The SMILES string of the molecule is COc1ccc(C2=Cc3ccccc3C2)nc1. The number of allylic oxidation sites excluding steroid dienone is 1. The summed E-state index contributed by atoms with van der Waals surface area (Å²) in [5.41, 5.74) is 4.98. The zero-order chi connectivity index (χ0) is 11.7. The minimum Gasteiger partial charge on any atom is -0.495 e. The smallest absolute Gasteiger partial charge is 0.137 e. The molecule has 0 spiro atoms. The Morgan fingerprint density at radius 3 is 2.71 bits per heavy atom. The first-order chi connectivity index (χ1) is 8.36. The van der Waals surface area contributed by atoms with Gasteiger partial charge in [-0.15, -0.1) is 0 Å². The predicted molar refractivity (Wildman–Crippen MR) is 68.8 cm³/mol. The van der Waals surface area contributed by atoms with Crippen molar-refractivity contribution in [1.29, 1.82) is 0 Å². The van der Waals surface area contributed by atoms with Crippen LogP contribution < -0.4 is 4.74 Å². The Kier molecular flexibility index (Phi) is 2.41. The monoisotopic (exact) mass is 223 g/mol. The van der Waals surface area contributed by atoms with Crippen LogP contribution in [0.4, 0.5) is 0 Å². The van der Waals surface area contributed by atoms with E-state index >= 15 is 0 Å². The highest BCUT2D eigenvalue weighted by molar-refractivity contribution is 5.87. The van der Waals surface area contributed by atoms with E-state index < -0.39 is 0 Å². The zero-order valence-electron chi connectivity index (χ0n) is 9.68. The fourth-order valence-corrected chi connectivity index (χ4v) is 2.14. The number of ether oxygens (including phenoxy) is 1. The van der Waals surface area contributed by atoms with Crippen molar-refractivity contribution in [2.24, 2.45) is 0 Å². The predicted octanol–water partition coefficient (Wildman–Crippen LogP) is 3.19. The third-order valence-electron chi connectivity index (χ3n) is 3.07. The maximum atomic E-state index is 5.11. The molecule has 1 heterocycles. The van der Waals surface area contributed by atoms with Crippen LogP contribution in [-0.2, 0) is 6.42 Å². The standard InChI is InChI=1S/C15H13NO/c1-17-14-6-7-15(16-10-14)13-8-11-4-2-3-5-12(11)9-13/h2-8,10H,9H2,1H3. The van der Waals surface area contributed by atoms with Crippen molar-refractivity contribution in [3.63, 3.8) is 0 Å². The van der Waals surface area contributed by atoms with Crippen LogP contribution >= 0.6 is 0 Å². The normalized spacial score (nSPS) is 13.1. The molecule has 0 saturated heterocycles. The molecule has 1 aromatic carbocycles. The van der Waals surface area contributed by atoms with E-state index in [9.17, 15) is 0 Å². The van der Waals surface area contributed by atoms with Crippen molar-refractivity contribution in [1.82, 2.24) is 4.98 Å². The van der Waals surface area contributed by atoms with Gasteiger partial charge in [0.05, 0.1) is 19.0 Å². The average molecular weight is 223 g/mol. The summed E-state index contributed by atoms with van der Waals surface area (Å²) >= 11 is 0. The Labute approximate surface area is 101 Å². The molecule has 0 bridgehead atoms. The highest BCUT2D eigenvalue weighted by Crippen LogP contribution is 2.30. The molecule has 84 valence electrons. The van der Waals surface area contributed by atoms with Crippen molar-refractivity contribution in [2.75, 3.05) is 7.11 Å². The van der Waals surface area contributed by atoms with Gasteiger partial charge in [0.1, 0.15) is 5.75 Å². The lowest BCUT2D eigenvalue weighted by atomic mass is 10.1. The van der Waals surface area contributed by atoms with Gasteiger partial charge in [0.25, 0.3) is 0 Å². The molecule has 0 amide bonds. The summed E-state index contributed by atoms with van der Waals surface area (Å²) in [6.45, 7) is 0. The van der Waals surface area contributed by atoms with Gasteiger partial charge in [0.2, 0.25) is 0 Å². The summed E-state index contributed by atoms with van der Waals surface area (Å²) in [5.74, 6) is 0.796. The molecule has 0 radical (unpaired) electrons. The van der Waals surface area contributed by atoms with Crippen LogP contribution in [-0.4, -0.2) is 12.1 Å². The molecule has 17 heavy (non-hydrogen) atoms. The number of rotatable bonds is 2. The number of benzene rings is 1. The Morgan fingerprint density at radius 2 is 2.00 bits per heavy atom. The van der Waals surface area contributed by atoms with E-state index in [0.717, 1.165) is 17.9 Å². The van der Waals surface area contributed by atoms with E-state index in [1.165, 1.54) is 16.7 Å². The summed E-state index contributed by atoms with van der Waals surface area (Å²) in [6, 6.07) is 12.4. The van der Waals surface area contributed by atoms with Crippen LogP contribution in [0.1, 0.15) is 16.8 Å². The van der Waals surface area contributed by atoms with Crippen molar-refractivity contribution >= 4 is 11.6 Å². The quantitative estimate of drug-likeness (QED) is 0.780. The highest BCUT2D eigenvalue weighted by atomic mass is 16.5. The Bertz CT molecular complexity index is 570. The Morgan fingerprint density at radius 1 is 1.12 bits per heavy atom. The highest BCUT2D eigenvalue weighted by Gasteiger charge is 2.13. The van der Waals surface area contributed by atoms with Gasteiger partial charge in [-0.1, -0.05) is 24.3 Å². The second-order valence-electron chi connectivity index (χ2n) is 4.13. The maximum absolute atomic E-state index is 5.11. The lowest BCUT2D eigenvalue weighted by molar-refractivity contribution is 0.413. The summed E-state index contributed by atoms with van der Waals surface area (Å²) in [5, 5.41) is 0. The number of nitrogens with zero attached hydrogens (tertiary/aromatic N) is 1. The van der Waals surface area contributed by atoms with Gasteiger partial charge in [0.15, 0.2) is 0 Å². The topological polar surface area (TPSA) is 22.1 Å². The molecular formula is C15H13NO. The summed E-state index contributed by atoms with van der Waals surface area (Å²) in [7, 11) is 1.65. The van der Waals surface area contributed by atoms with Crippen LogP contribution in [0.25, 0.3) is 11.6 Å². The molecule has 2 nitrogen and oxygen atoms in total. The van der Waals surface area contributed by atoms with Crippen molar-refractivity contribution < 1.29 is 4.74 Å². The lowest BCUT2D eigenvalue weighted by Gasteiger charge is -2.03. The molecule has 2 aromatic rings. The second kappa shape index (κ2) is 4.06. The van der Waals surface area contributed by atoms with Crippen LogP contribution in [0.15, 0.2) is 42.6 Å². The fourth-order valence-electron chi connectivity index (χ4n) is 2.14. The molecule has 0 saturated carbocycles. The molecule has 0 atom stereocenters. The van der Waals surface area contributed by atoms with Gasteiger partial charge in [-0.25, -0.2) is 0 Å². The lowest BCUT2D eigenvalue weighted by Crippen LogP contribution is -1.90. The molecule has 2 heteroatoms. The fraction of sp³-hybridized carbons (Fsp3) is 0.133. The summed E-state index contributed by atoms with van der Waals surface area (Å²) in [4.78, 5) is 4.42. The number of fused-ring (bicyclic) bond motifs is 1. The van der Waals surface area contributed by atoms with Crippen LogP contribution in [0.2, 0.25) is 0 Å². The van der Waals surface area contributed by atoms with Crippen LogP contribution in [0.5, 0.6) is 5.75 Å². The van der Waals surface area contributed by atoms with Gasteiger partial charge in [-0.3, -0.25) is 4.98 Å². The number of aromatic nitrogens is 1. The first kappa shape index (κ1) is 10.1. The Hall–Kier alpha value is -2.09. The van der Waals surface area contributed by atoms with Crippen LogP contribution in [0.3, 0.4) is 0 Å². The van der Waals surface area contributed by atoms with Gasteiger partial charge >= 0.3 is 0 Å². The van der Waals surface area contributed by atoms with Gasteiger partial charge < -0.3 is 4.74 Å². The molecule has 0 N–H and O–H groups in total. The third-order valence-corrected chi connectivity index (χ3v) is 3.07. The average Bonchev–Trinajstić information content (AvgIpc) is 2.82. The van der Waals surface area contributed by atoms with Crippen molar-refractivity contribution in [3.05, 3.63) is 59.4 Å². The summed E-state index contributed by atoms with van der Waals surface area (Å²) in [6.07, 6.45) is 4.94. The van der Waals surface area contributed by atoms with E-state index in [1.54, 1.807) is 13.3 Å². The molecule has 1 aliphatic carbocycles. The molecule has 3 rings (SSSR count). The van der Waals surface area contributed by atoms with E-state index in [4.69, 9.17) is 4.74 Å². The first-order valence-corrected chi connectivity index (χ1v) is 5.66. The third kappa shape index (κ3) is 1.82. The maximum Gasteiger partial charge on any atom is 0.137 e. The Balaban J connectivity index is 1.92. The molecule has 0 unspecified atom stereocenters. The molecule has 0 aliphatic heterocycles. The van der Waals surface area contributed by atoms with E-state index in [1.807, 2.05) is 12.1 Å². The van der Waals surface area contributed by atoms with Crippen molar-refractivity contribution in [2.45, 2.75) is 6.42 Å². The molecular weight excluding hydrogens is 210 g/mol. The number of hydrogen-bond donors (Lipinski definition) is 0.